The normalized spacial score (nSPS) is 16.4. The Morgan fingerprint density at radius 1 is 1.70 bits per heavy atom. The molecule has 0 aliphatic carbocycles. The SMILES string of the molecule is [CH2]C(O)C(=N)[C@@H](CC)CO. The zero-order chi connectivity index (χ0) is 8.15. The molecule has 0 amide bonds. The van der Waals surface area contributed by atoms with Gasteiger partial charge in [-0.1, -0.05) is 6.92 Å². The van der Waals surface area contributed by atoms with Gasteiger partial charge in [-0.25, -0.2) is 0 Å². The Labute approximate surface area is 61.2 Å². The van der Waals surface area contributed by atoms with Crippen LogP contribution in [0.1, 0.15) is 13.3 Å². The van der Waals surface area contributed by atoms with Crippen LogP contribution in [0, 0.1) is 18.3 Å². The summed E-state index contributed by atoms with van der Waals surface area (Å²) in [6, 6.07) is 0. The van der Waals surface area contributed by atoms with Gasteiger partial charge >= 0.3 is 0 Å². The third kappa shape index (κ3) is 2.45. The van der Waals surface area contributed by atoms with Gasteiger partial charge in [-0.3, -0.25) is 0 Å². The maximum absolute atomic E-state index is 8.81. The van der Waals surface area contributed by atoms with Gasteiger partial charge in [0, 0.05) is 11.6 Å². The van der Waals surface area contributed by atoms with E-state index in [1.807, 2.05) is 6.92 Å². The van der Waals surface area contributed by atoms with Crippen LogP contribution in [0.3, 0.4) is 0 Å². The summed E-state index contributed by atoms with van der Waals surface area (Å²) < 4.78 is 0. The fourth-order valence-electron chi connectivity index (χ4n) is 0.719. The van der Waals surface area contributed by atoms with Crippen molar-refractivity contribution < 1.29 is 10.2 Å². The minimum absolute atomic E-state index is 0.0814. The average Bonchev–Trinajstić information content (AvgIpc) is 1.90. The second kappa shape index (κ2) is 4.41. The molecule has 1 radical (unpaired) electrons. The molecule has 1 unspecified atom stereocenters. The molecule has 0 aliphatic rings. The van der Waals surface area contributed by atoms with Crippen molar-refractivity contribution in [3.63, 3.8) is 0 Å². The van der Waals surface area contributed by atoms with Crippen LogP contribution >= 0.6 is 0 Å². The minimum Gasteiger partial charge on any atom is -0.396 e. The lowest BCUT2D eigenvalue weighted by molar-refractivity contribution is 0.235. The van der Waals surface area contributed by atoms with Gasteiger partial charge in [-0.05, 0) is 13.3 Å². The first-order valence-electron chi connectivity index (χ1n) is 3.33. The molecule has 0 aromatic rings. The van der Waals surface area contributed by atoms with E-state index in [1.165, 1.54) is 0 Å². The summed E-state index contributed by atoms with van der Waals surface area (Å²) >= 11 is 0. The largest absolute Gasteiger partial charge is 0.396 e. The van der Waals surface area contributed by atoms with Crippen molar-refractivity contribution in [3.8, 4) is 0 Å². The van der Waals surface area contributed by atoms with Crippen LogP contribution in [0.2, 0.25) is 0 Å². The number of nitrogens with one attached hydrogen (secondary N) is 1. The highest BCUT2D eigenvalue weighted by Crippen LogP contribution is 2.05. The van der Waals surface area contributed by atoms with Crippen LogP contribution in [0.15, 0.2) is 0 Å². The highest BCUT2D eigenvalue weighted by molar-refractivity contribution is 5.88. The van der Waals surface area contributed by atoms with E-state index in [1.54, 1.807) is 0 Å². The molecule has 0 saturated carbocycles. The van der Waals surface area contributed by atoms with Crippen molar-refractivity contribution >= 4 is 5.71 Å². The summed E-state index contributed by atoms with van der Waals surface area (Å²) in [5, 5.41) is 24.7. The van der Waals surface area contributed by atoms with E-state index in [2.05, 4.69) is 6.92 Å². The van der Waals surface area contributed by atoms with Crippen molar-refractivity contribution in [2.75, 3.05) is 6.61 Å². The fraction of sp³-hybridized carbons (Fsp3) is 0.714. The average molecular weight is 144 g/mol. The zero-order valence-corrected chi connectivity index (χ0v) is 6.17. The number of hydrogen-bond acceptors (Lipinski definition) is 3. The van der Waals surface area contributed by atoms with Gasteiger partial charge in [0.25, 0.3) is 0 Å². The summed E-state index contributed by atoms with van der Waals surface area (Å²) in [6.45, 7) is 5.05. The van der Waals surface area contributed by atoms with Crippen molar-refractivity contribution in [2.45, 2.75) is 19.4 Å². The maximum Gasteiger partial charge on any atom is 0.0918 e. The fourth-order valence-corrected chi connectivity index (χ4v) is 0.719. The molecule has 2 atom stereocenters. The van der Waals surface area contributed by atoms with Crippen LogP contribution in [-0.2, 0) is 0 Å². The Bertz CT molecular complexity index is 108. The highest BCUT2D eigenvalue weighted by atomic mass is 16.3. The van der Waals surface area contributed by atoms with Crippen LogP contribution in [0.5, 0.6) is 0 Å². The van der Waals surface area contributed by atoms with Gasteiger partial charge in [-0.15, -0.1) is 0 Å². The third-order valence-electron chi connectivity index (χ3n) is 1.51. The Balaban J connectivity index is 3.89. The van der Waals surface area contributed by atoms with Gasteiger partial charge in [0.15, 0.2) is 0 Å². The smallest absolute Gasteiger partial charge is 0.0918 e. The van der Waals surface area contributed by atoms with Crippen molar-refractivity contribution in [2.24, 2.45) is 5.92 Å². The predicted octanol–water partition coefficient (Wildman–Crippen LogP) is 0.220. The molecule has 3 heteroatoms. The monoisotopic (exact) mass is 144 g/mol. The number of aliphatic hydroxyl groups is 2. The molecular weight excluding hydrogens is 130 g/mol. The van der Waals surface area contributed by atoms with Gasteiger partial charge in [0.2, 0.25) is 0 Å². The number of aliphatic hydroxyl groups excluding tert-OH is 2. The van der Waals surface area contributed by atoms with E-state index in [-0.39, 0.29) is 18.2 Å². The van der Waals surface area contributed by atoms with E-state index in [0.29, 0.717) is 6.42 Å². The van der Waals surface area contributed by atoms with Crippen LogP contribution in [0.25, 0.3) is 0 Å². The maximum atomic E-state index is 8.81. The first-order chi connectivity index (χ1) is 4.63. The predicted molar refractivity (Wildman–Crippen MR) is 40.0 cm³/mol. The molecule has 3 nitrogen and oxygen atoms in total. The van der Waals surface area contributed by atoms with Crippen molar-refractivity contribution in [1.29, 1.82) is 5.41 Å². The van der Waals surface area contributed by atoms with Gasteiger partial charge < -0.3 is 15.6 Å². The molecule has 3 N–H and O–H groups in total. The molecule has 0 saturated heterocycles. The van der Waals surface area contributed by atoms with E-state index in [4.69, 9.17) is 15.6 Å². The Morgan fingerprint density at radius 2 is 2.20 bits per heavy atom. The van der Waals surface area contributed by atoms with Crippen molar-refractivity contribution in [3.05, 3.63) is 6.92 Å². The highest BCUT2D eigenvalue weighted by Gasteiger charge is 2.14. The summed E-state index contributed by atoms with van der Waals surface area (Å²) in [7, 11) is 0. The summed E-state index contributed by atoms with van der Waals surface area (Å²) in [4.78, 5) is 0. The zero-order valence-electron chi connectivity index (χ0n) is 6.17. The first-order valence-corrected chi connectivity index (χ1v) is 3.33. The molecule has 0 heterocycles. The van der Waals surface area contributed by atoms with Gasteiger partial charge in [0.1, 0.15) is 0 Å². The Hall–Kier alpha value is -0.410. The number of hydrogen-bond donors (Lipinski definition) is 3. The molecule has 0 aliphatic heterocycles. The van der Waals surface area contributed by atoms with Crippen LogP contribution in [-0.4, -0.2) is 28.6 Å². The molecule has 0 rings (SSSR count). The lowest BCUT2D eigenvalue weighted by Gasteiger charge is -2.14. The summed E-state index contributed by atoms with van der Waals surface area (Å²) in [6.07, 6.45) is -0.306. The lowest BCUT2D eigenvalue weighted by Crippen LogP contribution is -2.27. The minimum atomic E-state index is -0.975. The molecule has 0 aromatic heterocycles. The second-order valence-electron chi connectivity index (χ2n) is 2.26. The molecule has 0 aromatic carbocycles. The third-order valence-corrected chi connectivity index (χ3v) is 1.51. The van der Waals surface area contributed by atoms with Gasteiger partial charge in [0.05, 0.1) is 12.7 Å². The van der Waals surface area contributed by atoms with E-state index >= 15 is 0 Å². The Morgan fingerprint density at radius 3 is 2.30 bits per heavy atom. The Kier molecular flexibility index (Phi) is 4.23. The molecule has 10 heavy (non-hydrogen) atoms. The van der Waals surface area contributed by atoms with Crippen molar-refractivity contribution in [1.82, 2.24) is 0 Å². The molecule has 0 spiro atoms. The van der Waals surface area contributed by atoms with E-state index in [9.17, 15) is 0 Å². The summed E-state index contributed by atoms with van der Waals surface area (Å²) in [5.74, 6) is -0.229. The molecule has 0 fully saturated rings. The molecular formula is C7H14NO2. The quantitative estimate of drug-likeness (QED) is 0.494. The van der Waals surface area contributed by atoms with E-state index in [0.717, 1.165) is 0 Å². The lowest BCUT2D eigenvalue weighted by atomic mass is 9.98. The second-order valence-corrected chi connectivity index (χ2v) is 2.26. The van der Waals surface area contributed by atoms with Crippen LogP contribution < -0.4 is 0 Å². The standard InChI is InChI=1S/C7H14NO2/c1-3-6(4-9)7(8)5(2)10/h5-6,8-10H,2-4H2,1H3/t5?,6-/m0/s1. The summed E-state index contributed by atoms with van der Waals surface area (Å²) in [5.41, 5.74) is 0.116. The number of rotatable bonds is 4. The van der Waals surface area contributed by atoms with E-state index < -0.39 is 6.10 Å². The molecule has 0 bridgehead atoms. The topological polar surface area (TPSA) is 64.3 Å². The van der Waals surface area contributed by atoms with Gasteiger partial charge in [-0.2, -0.15) is 0 Å². The van der Waals surface area contributed by atoms with Crippen LogP contribution in [0.4, 0.5) is 0 Å². The first kappa shape index (κ1) is 9.59. The molecule has 59 valence electrons.